The van der Waals surface area contributed by atoms with E-state index in [9.17, 15) is 23.1 Å². The minimum absolute atomic E-state index is 0.0772. The molecule has 1 saturated carbocycles. The Morgan fingerprint density at radius 2 is 1.78 bits per heavy atom. The van der Waals surface area contributed by atoms with Gasteiger partial charge < -0.3 is 14.4 Å². The minimum atomic E-state index is -4.46. The molecule has 4 aromatic rings. The highest BCUT2D eigenvalue weighted by Gasteiger charge is 2.30. The van der Waals surface area contributed by atoms with E-state index in [0.717, 1.165) is 30.9 Å². The van der Waals surface area contributed by atoms with Gasteiger partial charge >= 0.3 is 12.1 Å². The molecule has 1 aliphatic rings. The predicted molar refractivity (Wildman–Crippen MR) is 112 cm³/mol. The number of hydrogen-bond donors (Lipinski definition) is 1. The Bertz CT molecular complexity index is 1310. The van der Waals surface area contributed by atoms with Gasteiger partial charge in [-0.05, 0) is 67.4 Å². The molecule has 1 fully saturated rings. The summed E-state index contributed by atoms with van der Waals surface area (Å²) in [6.45, 7) is 0. The van der Waals surface area contributed by atoms with Gasteiger partial charge in [-0.2, -0.15) is 13.2 Å². The molecular weight excluding hydrogens is 421 g/mol. The monoisotopic (exact) mass is 438 g/mol. The lowest BCUT2D eigenvalue weighted by Crippen LogP contribution is -2.06. The summed E-state index contributed by atoms with van der Waals surface area (Å²) >= 11 is 0. The number of nitrogens with zero attached hydrogens (tertiary/aromatic N) is 2. The maximum atomic E-state index is 12.8. The minimum Gasteiger partial charge on any atom is -0.490 e. The van der Waals surface area contributed by atoms with Crippen LogP contribution < -0.4 is 4.74 Å². The molecule has 2 heterocycles. The first kappa shape index (κ1) is 20.1. The van der Waals surface area contributed by atoms with Crippen LogP contribution in [-0.4, -0.2) is 26.7 Å². The molecule has 2 aromatic carbocycles. The van der Waals surface area contributed by atoms with Gasteiger partial charge in [0, 0.05) is 22.8 Å². The van der Waals surface area contributed by atoms with Crippen molar-refractivity contribution in [2.24, 2.45) is 0 Å². The highest BCUT2D eigenvalue weighted by molar-refractivity contribution is 5.97. The number of fused-ring (bicyclic) bond motifs is 1. The quantitative estimate of drug-likeness (QED) is 0.418. The summed E-state index contributed by atoms with van der Waals surface area (Å²) in [5.41, 5.74) is 1.54. The van der Waals surface area contributed by atoms with Crippen LogP contribution >= 0.6 is 0 Å². The molecule has 1 aliphatic carbocycles. The smallest absolute Gasteiger partial charge is 0.417 e. The first-order valence-electron chi connectivity index (χ1n) is 9.99. The fraction of sp³-hybridized carbons (Fsp3) is 0.167. The number of rotatable bonds is 5. The number of benzene rings is 2. The topological polar surface area (TPSA) is 64.3 Å². The standard InChI is InChI=1S/C24H17F3N2O3/c25-24(26,27)16-2-9-20(28-13-16)14-1-10-21-15(11-14)12-22(23(30)31)29(21)17-3-5-18(6-4-17)32-19-7-8-19/h1-6,9-13,19H,7-8H2,(H,30,31). The van der Waals surface area contributed by atoms with Gasteiger partial charge in [-0.1, -0.05) is 6.07 Å². The molecule has 8 heteroatoms. The fourth-order valence-electron chi connectivity index (χ4n) is 3.59. The van der Waals surface area contributed by atoms with Gasteiger partial charge in [0.05, 0.1) is 22.9 Å². The highest BCUT2D eigenvalue weighted by atomic mass is 19.4. The zero-order chi connectivity index (χ0) is 22.5. The molecule has 0 bridgehead atoms. The second-order valence-electron chi connectivity index (χ2n) is 7.68. The number of pyridine rings is 1. The van der Waals surface area contributed by atoms with Crippen molar-refractivity contribution in [2.45, 2.75) is 25.1 Å². The zero-order valence-electron chi connectivity index (χ0n) is 16.6. The molecule has 32 heavy (non-hydrogen) atoms. The summed E-state index contributed by atoms with van der Waals surface area (Å²) in [4.78, 5) is 15.8. The van der Waals surface area contributed by atoms with Gasteiger partial charge in [0.2, 0.25) is 0 Å². The first-order valence-corrected chi connectivity index (χ1v) is 9.99. The van der Waals surface area contributed by atoms with Crippen molar-refractivity contribution in [1.82, 2.24) is 9.55 Å². The molecule has 0 spiro atoms. The predicted octanol–water partition coefficient (Wildman–Crippen LogP) is 5.95. The third-order valence-electron chi connectivity index (χ3n) is 5.33. The number of hydrogen-bond acceptors (Lipinski definition) is 3. The van der Waals surface area contributed by atoms with E-state index in [2.05, 4.69) is 4.98 Å². The lowest BCUT2D eigenvalue weighted by Gasteiger charge is -2.11. The van der Waals surface area contributed by atoms with Crippen molar-refractivity contribution in [3.63, 3.8) is 0 Å². The maximum absolute atomic E-state index is 12.8. The molecule has 1 N–H and O–H groups in total. The third kappa shape index (κ3) is 3.79. The van der Waals surface area contributed by atoms with Crippen LogP contribution in [0.5, 0.6) is 5.75 Å². The van der Waals surface area contributed by atoms with E-state index in [-0.39, 0.29) is 11.8 Å². The van der Waals surface area contributed by atoms with Crippen molar-refractivity contribution in [2.75, 3.05) is 0 Å². The molecule has 0 amide bonds. The lowest BCUT2D eigenvalue weighted by molar-refractivity contribution is -0.137. The van der Waals surface area contributed by atoms with Crippen LogP contribution in [0.4, 0.5) is 13.2 Å². The number of aromatic nitrogens is 2. The summed E-state index contributed by atoms with van der Waals surface area (Å²) < 4.78 is 45.8. The summed E-state index contributed by atoms with van der Waals surface area (Å²) in [5, 5.41) is 10.4. The molecule has 0 saturated heterocycles. The number of carbonyl (C=O) groups is 1. The van der Waals surface area contributed by atoms with Crippen LogP contribution in [-0.2, 0) is 6.18 Å². The summed E-state index contributed by atoms with van der Waals surface area (Å²) in [7, 11) is 0. The highest BCUT2D eigenvalue weighted by Crippen LogP contribution is 2.33. The lowest BCUT2D eigenvalue weighted by atomic mass is 10.1. The van der Waals surface area contributed by atoms with E-state index in [4.69, 9.17) is 4.74 Å². The van der Waals surface area contributed by atoms with Crippen molar-refractivity contribution in [3.8, 4) is 22.7 Å². The van der Waals surface area contributed by atoms with Crippen LogP contribution in [0, 0.1) is 0 Å². The maximum Gasteiger partial charge on any atom is 0.417 e. The molecule has 0 aliphatic heterocycles. The molecule has 0 atom stereocenters. The van der Waals surface area contributed by atoms with Crippen molar-refractivity contribution in [3.05, 3.63) is 78.1 Å². The molecule has 0 radical (unpaired) electrons. The van der Waals surface area contributed by atoms with Crippen LogP contribution in [0.1, 0.15) is 28.9 Å². The molecule has 5 rings (SSSR count). The SMILES string of the molecule is O=C(O)c1cc2cc(-c3ccc(C(F)(F)F)cn3)ccc2n1-c1ccc(OC2CC2)cc1. The Morgan fingerprint density at radius 3 is 2.38 bits per heavy atom. The molecule has 0 unspecified atom stereocenters. The van der Waals surface area contributed by atoms with Crippen LogP contribution in [0.15, 0.2) is 66.9 Å². The zero-order valence-corrected chi connectivity index (χ0v) is 16.6. The average molecular weight is 438 g/mol. The number of halogens is 3. The number of carboxylic acid groups (broad SMARTS) is 1. The number of ether oxygens (including phenoxy) is 1. The van der Waals surface area contributed by atoms with Crippen LogP contribution in [0.25, 0.3) is 27.8 Å². The van der Waals surface area contributed by atoms with E-state index >= 15 is 0 Å². The Morgan fingerprint density at radius 1 is 1.03 bits per heavy atom. The van der Waals surface area contributed by atoms with E-state index in [1.54, 1.807) is 41.0 Å². The number of alkyl halides is 3. The number of carboxylic acids is 1. The molecule has 162 valence electrons. The molecular formula is C24H17F3N2O3. The third-order valence-corrected chi connectivity index (χ3v) is 5.33. The van der Waals surface area contributed by atoms with Gasteiger partial charge in [-0.15, -0.1) is 0 Å². The Balaban J connectivity index is 1.54. The van der Waals surface area contributed by atoms with Crippen LogP contribution in [0.2, 0.25) is 0 Å². The van der Waals surface area contributed by atoms with Gasteiger partial charge in [0.1, 0.15) is 11.4 Å². The first-order chi connectivity index (χ1) is 15.3. The summed E-state index contributed by atoms with van der Waals surface area (Å²) in [5.74, 6) is -0.353. The van der Waals surface area contributed by atoms with Gasteiger partial charge in [-0.25, -0.2) is 4.79 Å². The van der Waals surface area contributed by atoms with Crippen molar-refractivity contribution >= 4 is 16.9 Å². The Kier molecular flexibility index (Phi) is 4.65. The average Bonchev–Trinajstić information content (AvgIpc) is 3.50. The van der Waals surface area contributed by atoms with Crippen molar-refractivity contribution in [1.29, 1.82) is 0 Å². The van der Waals surface area contributed by atoms with Gasteiger partial charge in [0.25, 0.3) is 0 Å². The number of aromatic carboxylic acids is 1. The van der Waals surface area contributed by atoms with E-state index in [1.165, 1.54) is 6.07 Å². The van der Waals surface area contributed by atoms with Crippen molar-refractivity contribution < 1.29 is 27.8 Å². The Labute approximate surface area is 180 Å². The second-order valence-corrected chi connectivity index (χ2v) is 7.68. The molecule has 2 aromatic heterocycles. The van der Waals surface area contributed by atoms with E-state index in [0.29, 0.717) is 27.8 Å². The van der Waals surface area contributed by atoms with Gasteiger partial charge in [-0.3, -0.25) is 4.98 Å². The van der Waals surface area contributed by atoms with Crippen LogP contribution in [0.3, 0.4) is 0 Å². The molecule has 5 nitrogen and oxygen atoms in total. The fourth-order valence-corrected chi connectivity index (χ4v) is 3.59. The summed E-state index contributed by atoms with van der Waals surface area (Å²) in [6.07, 6.45) is -1.31. The van der Waals surface area contributed by atoms with E-state index < -0.39 is 17.7 Å². The second kappa shape index (κ2) is 7.40. The normalized spacial score (nSPS) is 14.0. The largest absolute Gasteiger partial charge is 0.490 e. The Hall–Kier alpha value is -3.81. The van der Waals surface area contributed by atoms with E-state index in [1.807, 2.05) is 12.1 Å². The van der Waals surface area contributed by atoms with Gasteiger partial charge in [0.15, 0.2) is 0 Å². The summed E-state index contributed by atoms with van der Waals surface area (Å²) in [6, 6.07) is 16.2.